The number of rotatable bonds is 1. The van der Waals surface area contributed by atoms with Crippen molar-refractivity contribution in [2.75, 3.05) is 53.7 Å². The number of anilines is 4. The molecule has 0 radical (unpaired) electrons. The summed E-state index contributed by atoms with van der Waals surface area (Å²) in [5, 5.41) is 0. The molecule has 1 atom stereocenters. The number of nitrogens with zero attached hydrogens (tertiary/aromatic N) is 4. The topological polar surface area (TPSA) is 48.6 Å². The van der Waals surface area contributed by atoms with Crippen LogP contribution in [0.25, 0.3) is 0 Å². The van der Waals surface area contributed by atoms with Crippen LogP contribution in [0.2, 0.25) is 0 Å². The number of benzene rings is 1. The van der Waals surface area contributed by atoms with E-state index < -0.39 is 0 Å². The van der Waals surface area contributed by atoms with E-state index in [1.807, 2.05) is 6.07 Å². The average Bonchev–Trinajstić information content (AvgIpc) is 2.54. The molecule has 1 aromatic heterocycles. The number of aromatic nitrogens is 1. The molecule has 1 saturated heterocycles. The van der Waals surface area contributed by atoms with Gasteiger partial charge < -0.3 is 20.4 Å². The van der Waals surface area contributed by atoms with E-state index in [1.165, 1.54) is 16.9 Å². The second kappa shape index (κ2) is 5.58. The summed E-state index contributed by atoms with van der Waals surface area (Å²) in [4.78, 5) is 12.0. The Labute approximate surface area is 143 Å². The third-order valence-electron chi connectivity index (χ3n) is 5.10. The number of likely N-dealkylation sites (N-methyl/N-ethyl adjacent to an activating group) is 1. The van der Waals surface area contributed by atoms with Crippen LogP contribution in [0.15, 0.2) is 30.3 Å². The average molecular weight is 323 g/mol. The minimum atomic E-state index is 0.475. The van der Waals surface area contributed by atoms with Gasteiger partial charge in [0.15, 0.2) is 0 Å². The molecule has 0 spiro atoms. The predicted molar refractivity (Wildman–Crippen MR) is 101 cm³/mol. The summed E-state index contributed by atoms with van der Waals surface area (Å²) in [7, 11) is 2.16. The number of piperazine rings is 1. The summed E-state index contributed by atoms with van der Waals surface area (Å²) >= 11 is 0. The molecule has 5 heteroatoms. The van der Waals surface area contributed by atoms with Gasteiger partial charge in [-0.05, 0) is 49.7 Å². The highest BCUT2D eigenvalue weighted by molar-refractivity contribution is 5.78. The summed E-state index contributed by atoms with van der Waals surface area (Å²) in [6, 6.07) is 11.1. The minimum Gasteiger partial charge on any atom is -0.399 e. The van der Waals surface area contributed by atoms with E-state index in [-0.39, 0.29) is 0 Å². The molecule has 24 heavy (non-hydrogen) atoms. The highest BCUT2D eigenvalue weighted by Crippen LogP contribution is 2.37. The van der Waals surface area contributed by atoms with Gasteiger partial charge in [0, 0.05) is 44.6 Å². The zero-order chi connectivity index (χ0) is 16.8. The largest absolute Gasteiger partial charge is 0.399 e. The molecule has 0 aliphatic carbocycles. The maximum Gasteiger partial charge on any atom is 0.129 e. The van der Waals surface area contributed by atoms with Crippen molar-refractivity contribution >= 4 is 22.9 Å². The summed E-state index contributed by atoms with van der Waals surface area (Å²) in [6.07, 6.45) is 0. The molecular weight excluding hydrogens is 298 g/mol. The number of fused-ring (bicyclic) bond motifs is 3. The Balaban J connectivity index is 1.62. The second-order valence-corrected chi connectivity index (χ2v) is 7.07. The molecule has 5 nitrogen and oxygen atoms in total. The fraction of sp³-hybridized carbons (Fsp3) is 0.421. The summed E-state index contributed by atoms with van der Waals surface area (Å²) in [6.45, 7) is 8.25. The van der Waals surface area contributed by atoms with Crippen molar-refractivity contribution in [1.82, 2.24) is 4.98 Å². The molecule has 1 aromatic carbocycles. The van der Waals surface area contributed by atoms with Crippen LogP contribution in [0, 0.1) is 13.8 Å². The lowest BCUT2D eigenvalue weighted by Gasteiger charge is -2.49. The Bertz CT molecular complexity index is 752. The molecule has 2 N–H and O–H groups in total. The maximum absolute atomic E-state index is 5.98. The van der Waals surface area contributed by atoms with Crippen molar-refractivity contribution in [2.24, 2.45) is 0 Å². The van der Waals surface area contributed by atoms with Crippen molar-refractivity contribution in [3.05, 3.63) is 41.6 Å². The Morgan fingerprint density at radius 3 is 2.67 bits per heavy atom. The summed E-state index contributed by atoms with van der Waals surface area (Å²) in [5.74, 6) is 1.11. The van der Waals surface area contributed by atoms with E-state index in [0.29, 0.717) is 6.04 Å². The molecule has 126 valence electrons. The minimum absolute atomic E-state index is 0.475. The van der Waals surface area contributed by atoms with Gasteiger partial charge in [-0.15, -0.1) is 0 Å². The number of pyridine rings is 1. The molecular formula is C19H25N5. The molecule has 0 saturated carbocycles. The van der Waals surface area contributed by atoms with Gasteiger partial charge in [-0.25, -0.2) is 4.98 Å². The van der Waals surface area contributed by atoms with Crippen molar-refractivity contribution < 1.29 is 0 Å². The van der Waals surface area contributed by atoms with Gasteiger partial charge in [-0.1, -0.05) is 0 Å². The molecule has 1 fully saturated rings. The third-order valence-corrected chi connectivity index (χ3v) is 5.10. The van der Waals surface area contributed by atoms with Gasteiger partial charge in [0.05, 0.1) is 17.4 Å². The number of nitrogens with two attached hydrogens (primary N) is 1. The smallest absolute Gasteiger partial charge is 0.129 e. The summed E-state index contributed by atoms with van der Waals surface area (Å²) < 4.78 is 0. The zero-order valence-corrected chi connectivity index (χ0v) is 14.7. The molecule has 2 aliphatic rings. The first-order valence-electron chi connectivity index (χ1n) is 8.59. The van der Waals surface area contributed by atoms with Gasteiger partial charge in [-0.2, -0.15) is 0 Å². The first kappa shape index (κ1) is 15.1. The lowest BCUT2D eigenvalue weighted by Crippen LogP contribution is -2.59. The lowest BCUT2D eigenvalue weighted by atomic mass is 10.0. The van der Waals surface area contributed by atoms with Crippen LogP contribution in [-0.4, -0.2) is 44.3 Å². The van der Waals surface area contributed by atoms with Crippen LogP contribution in [0.1, 0.15) is 11.3 Å². The fourth-order valence-electron chi connectivity index (χ4n) is 4.02. The highest BCUT2D eigenvalue weighted by Gasteiger charge is 2.34. The Hall–Kier alpha value is -2.43. The molecule has 0 bridgehead atoms. The van der Waals surface area contributed by atoms with Crippen LogP contribution in [0.3, 0.4) is 0 Å². The van der Waals surface area contributed by atoms with Gasteiger partial charge in [0.2, 0.25) is 0 Å². The number of hydrogen-bond acceptors (Lipinski definition) is 5. The molecule has 2 aromatic rings. The lowest BCUT2D eigenvalue weighted by molar-refractivity contribution is 0.504. The Morgan fingerprint density at radius 2 is 1.88 bits per heavy atom. The monoisotopic (exact) mass is 323 g/mol. The van der Waals surface area contributed by atoms with Crippen molar-refractivity contribution in [1.29, 1.82) is 0 Å². The van der Waals surface area contributed by atoms with E-state index in [0.717, 1.165) is 43.4 Å². The third kappa shape index (κ3) is 2.54. The molecule has 2 aliphatic heterocycles. The quantitative estimate of drug-likeness (QED) is 0.817. The highest BCUT2D eigenvalue weighted by atomic mass is 15.4. The normalized spacial score (nSPS) is 20.0. The van der Waals surface area contributed by atoms with Crippen LogP contribution in [0.4, 0.5) is 22.9 Å². The first-order chi connectivity index (χ1) is 11.5. The Kier molecular flexibility index (Phi) is 3.52. The van der Waals surface area contributed by atoms with Crippen LogP contribution < -0.4 is 20.4 Å². The van der Waals surface area contributed by atoms with Crippen LogP contribution in [0.5, 0.6) is 0 Å². The van der Waals surface area contributed by atoms with E-state index in [2.05, 4.69) is 59.9 Å². The van der Waals surface area contributed by atoms with Gasteiger partial charge in [-0.3, -0.25) is 0 Å². The molecule has 3 heterocycles. The Morgan fingerprint density at radius 1 is 1.04 bits per heavy atom. The number of hydrogen-bond donors (Lipinski definition) is 1. The van der Waals surface area contributed by atoms with Gasteiger partial charge >= 0.3 is 0 Å². The summed E-state index contributed by atoms with van der Waals surface area (Å²) in [5.41, 5.74) is 11.7. The maximum atomic E-state index is 5.98. The number of nitrogen functional groups attached to an aromatic ring is 1. The van der Waals surface area contributed by atoms with E-state index in [9.17, 15) is 0 Å². The molecule has 4 rings (SSSR count). The molecule has 0 amide bonds. The van der Waals surface area contributed by atoms with Gasteiger partial charge in [0.25, 0.3) is 0 Å². The van der Waals surface area contributed by atoms with E-state index in [4.69, 9.17) is 10.7 Å². The van der Waals surface area contributed by atoms with E-state index in [1.54, 1.807) is 0 Å². The SMILES string of the molecule is Cc1cc(C)nc(N2CCN3c4ccc(N)cc4N(C)CC3C2)c1. The zero-order valence-electron chi connectivity index (χ0n) is 14.7. The van der Waals surface area contributed by atoms with Crippen LogP contribution >= 0.6 is 0 Å². The molecule has 1 unspecified atom stereocenters. The van der Waals surface area contributed by atoms with Crippen molar-refractivity contribution in [3.63, 3.8) is 0 Å². The van der Waals surface area contributed by atoms with Crippen LogP contribution in [-0.2, 0) is 0 Å². The van der Waals surface area contributed by atoms with Gasteiger partial charge in [0.1, 0.15) is 5.82 Å². The first-order valence-corrected chi connectivity index (χ1v) is 8.59. The van der Waals surface area contributed by atoms with Crippen molar-refractivity contribution in [2.45, 2.75) is 19.9 Å². The number of aryl methyl sites for hydroxylation is 2. The predicted octanol–water partition coefficient (Wildman–Crippen LogP) is 2.43. The second-order valence-electron chi connectivity index (χ2n) is 7.07. The van der Waals surface area contributed by atoms with Crippen molar-refractivity contribution in [3.8, 4) is 0 Å². The standard InChI is InChI=1S/C19H25N5/c1-13-8-14(2)21-19(9-13)23-6-7-24-16(12-23)11-22(3)18-10-15(20)4-5-17(18)24/h4-5,8-10,16H,6-7,11-12,20H2,1-3H3. The fourth-order valence-corrected chi connectivity index (χ4v) is 4.02. The van der Waals surface area contributed by atoms with E-state index >= 15 is 0 Å².